The first-order chi connectivity index (χ1) is 24.6. The molecule has 50 heavy (non-hydrogen) atoms. The first-order valence-electron chi connectivity index (χ1n) is 15.5. The molecule has 0 radical (unpaired) electrons. The fourth-order valence-corrected chi connectivity index (χ4v) is 8.01. The van der Waals surface area contributed by atoms with E-state index >= 15 is 0 Å². The third-order valence-corrected chi connectivity index (χ3v) is 10.4. The van der Waals surface area contributed by atoms with Gasteiger partial charge in [0.25, 0.3) is 0 Å². The molecule has 10 rings (SSSR count). The van der Waals surface area contributed by atoms with Crippen LogP contribution in [-0.4, -0.2) is 43.9 Å². The molecule has 0 atom stereocenters. The highest BCUT2D eigenvalue weighted by Crippen LogP contribution is 2.43. The molecule has 4 aromatic carbocycles. The molecule has 13 heteroatoms. The van der Waals surface area contributed by atoms with E-state index in [0.29, 0.717) is 33.3 Å². The van der Waals surface area contributed by atoms with Crippen LogP contribution in [0.5, 0.6) is 0 Å². The largest absolute Gasteiger partial charge is 0.323 e. The average Bonchev–Trinajstić information content (AvgIpc) is 3.83. The van der Waals surface area contributed by atoms with Gasteiger partial charge in [0, 0.05) is 33.7 Å². The summed E-state index contributed by atoms with van der Waals surface area (Å²) in [6.07, 6.45) is 1.64. The lowest BCUT2D eigenvalue weighted by Crippen LogP contribution is -2.41. The van der Waals surface area contributed by atoms with Gasteiger partial charge in [-0.25, -0.2) is 15.0 Å². The van der Waals surface area contributed by atoms with Crippen LogP contribution in [0, 0.1) is 0 Å². The van der Waals surface area contributed by atoms with E-state index in [0.717, 1.165) is 41.8 Å². The van der Waals surface area contributed by atoms with E-state index in [1.54, 1.807) is 18.3 Å². The van der Waals surface area contributed by atoms with E-state index in [2.05, 4.69) is 24.8 Å². The molecule has 0 aliphatic carbocycles. The SMILES string of the molecule is O=c1c(=O)n(-c2ccc3cccnc3n2)c2c(-c3cccc4snnc34)c(-c3nc4ccccc4s3)ccc2n1-c1cc2ccccc2nn1. The van der Waals surface area contributed by atoms with Gasteiger partial charge in [0.05, 0.1) is 31.5 Å². The van der Waals surface area contributed by atoms with Gasteiger partial charge in [0.15, 0.2) is 11.5 Å². The standard InChI is InChI=1S/C37H19N9O2S2/c47-36-37(48)46(29-17-14-20-8-6-18-38-34(20)40-29)33-26(45(36)30-19-21-7-1-2-10-24(21)41-42-30)16-15-23(35-39-25-11-3-4-12-27(25)49-35)31(33)22-9-5-13-28-32(22)43-44-50-28/h1-19H. The van der Waals surface area contributed by atoms with Crippen molar-refractivity contribution in [1.82, 2.24) is 43.9 Å². The fourth-order valence-electron chi connectivity index (χ4n) is 6.43. The number of para-hydroxylation sites is 1. The topological polar surface area (TPSA) is 134 Å². The van der Waals surface area contributed by atoms with Gasteiger partial charge in [-0.1, -0.05) is 47.0 Å². The molecule has 0 unspecified atom stereocenters. The van der Waals surface area contributed by atoms with Crippen molar-refractivity contribution in [3.05, 3.63) is 136 Å². The van der Waals surface area contributed by atoms with Gasteiger partial charge in [-0.3, -0.25) is 18.7 Å². The van der Waals surface area contributed by atoms with Crippen molar-refractivity contribution in [2.24, 2.45) is 0 Å². The van der Waals surface area contributed by atoms with Crippen LogP contribution >= 0.6 is 22.9 Å². The van der Waals surface area contributed by atoms with Gasteiger partial charge < -0.3 is 0 Å². The van der Waals surface area contributed by atoms with Crippen LogP contribution in [0.4, 0.5) is 0 Å². The Bertz CT molecular complexity index is 3100. The number of fused-ring (bicyclic) bond motifs is 5. The van der Waals surface area contributed by atoms with E-state index in [-0.39, 0.29) is 11.6 Å². The number of nitrogens with zero attached hydrogens (tertiary/aromatic N) is 9. The van der Waals surface area contributed by atoms with Crippen molar-refractivity contribution in [3.63, 3.8) is 0 Å². The predicted octanol–water partition coefficient (Wildman–Crippen LogP) is 6.98. The molecule has 0 saturated heterocycles. The monoisotopic (exact) mass is 685 g/mol. The molecule has 0 aliphatic rings. The van der Waals surface area contributed by atoms with Crippen LogP contribution in [0.15, 0.2) is 125 Å². The minimum Gasteiger partial charge on any atom is -0.263 e. The summed E-state index contributed by atoms with van der Waals surface area (Å²) in [6, 6.07) is 34.1. The molecule has 0 amide bonds. The third kappa shape index (κ3) is 4.30. The number of pyridine rings is 2. The molecular formula is C37H19N9O2S2. The second-order valence-corrected chi connectivity index (χ2v) is 13.3. The molecule has 236 valence electrons. The Morgan fingerprint density at radius 2 is 1.42 bits per heavy atom. The van der Waals surface area contributed by atoms with Crippen molar-refractivity contribution in [2.45, 2.75) is 0 Å². The summed E-state index contributed by atoms with van der Waals surface area (Å²) in [7, 11) is 0. The molecule has 10 aromatic rings. The van der Waals surface area contributed by atoms with Crippen LogP contribution in [0.2, 0.25) is 0 Å². The highest BCUT2D eigenvalue weighted by atomic mass is 32.1. The summed E-state index contributed by atoms with van der Waals surface area (Å²) in [5.41, 5.74) is 3.93. The Kier molecular flexibility index (Phi) is 6.25. The zero-order valence-electron chi connectivity index (χ0n) is 25.6. The Morgan fingerprint density at radius 1 is 0.600 bits per heavy atom. The van der Waals surface area contributed by atoms with Gasteiger partial charge in [0.1, 0.15) is 16.3 Å². The molecule has 6 aromatic heterocycles. The Labute approximate surface area is 288 Å². The average molecular weight is 686 g/mol. The highest BCUT2D eigenvalue weighted by Gasteiger charge is 2.26. The van der Waals surface area contributed by atoms with E-state index < -0.39 is 11.1 Å². The summed E-state index contributed by atoms with van der Waals surface area (Å²) in [6.45, 7) is 0. The molecule has 0 bridgehead atoms. The van der Waals surface area contributed by atoms with E-state index in [4.69, 9.17) is 9.97 Å². The maximum atomic E-state index is 14.6. The number of thiazole rings is 1. The molecule has 0 N–H and O–H groups in total. The van der Waals surface area contributed by atoms with Gasteiger partial charge in [-0.15, -0.1) is 26.6 Å². The fraction of sp³-hybridized carbons (Fsp3) is 0. The third-order valence-electron chi connectivity index (χ3n) is 8.67. The summed E-state index contributed by atoms with van der Waals surface area (Å²) >= 11 is 2.82. The number of benzene rings is 4. The molecule has 0 spiro atoms. The van der Waals surface area contributed by atoms with Gasteiger partial charge >= 0.3 is 11.1 Å². The normalized spacial score (nSPS) is 11.8. The molecular weight excluding hydrogens is 667 g/mol. The summed E-state index contributed by atoms with van der Waals surface area (Å²) in [5.74, 6) is 0.453. The van der Waals surface area contributed by atoms with Crippen molar-refractivity contribution in [1.29, 1.82) is 0 Å². The predicted molar refractivity (Wildman–Crippen MR) is 196 cm³/mol. The lowest BCUT2D eigenvalue weighted by molar-refractivity contribution is 0.864. The van der Waals surface area contributed by atoms with Crippen LogP contribution in [0.3, 0.4) is 0 Å². The Balaban J connectivity index is 1.42. The van der Waals surface area contributed by atoms with Crippen LogP contribution in [0.25, 0.3) is 86.7 Å². The zero-order valence-corrected chi connectivity index (χ0v) is 27.3. The summed E-state index contributed by atoms with van der Waals surface area (Å²) in [5, 5.41) is 15.6. The Hall–Kier alpha value is -6.57. The number of hydrogen-bond acceptors (Lipinski definition) is 11. The second-order valence-electron chi connectivity index (χ2n) is 11.5. The second kappa shape index (κ2) is 11.0. The Morgan fingerprint density at radius 3 is 2.34 bits per heavy atom. The van der Waals surface area contributed by atoms with Crippen LogP contribution < -0.4 is 11.1 Å². The lowest BCUT2D eigenvalue weighted by Gasteiger charge is -2.19. The summed E-state index contributed by atoms with van der Waals surface area (Å²) < 4.78 is 8.85. The molecule has 6 heterocycles. The lowest BCUT2D eigenvalue weighted by atomic mass is 9.96. The van der Waals surface area contributed by atoms with Crippen molar-refractivity contribution in [2.75, 3.05) is 0 Å². The molecule has 11 nitrogen and oxygen atoms in total. The minimum atomic E-state index is -0.818. The van der Waals surface area contributed by atoms with Crippen molar-refractivity contribution >= 4 is 76.3 Å². The maximum absolute atomic E-state index is 14.6. The quantitative estimate of drug-likeness (QED) is 0.180. The van der Waals surface area contributed by atoms with Gasteiger partial charge in [-0.2, -0.15) is 0 Å². The van der Waals surface area contributed by atoms with Crippen LogP contribution in [-0.2, 0) is 0 Å². The first kappa shape index (κ1) is 28.4. The smallest absolute Gasteiger partial charge is 0.263 e. The zero-order chi connectivity index (χ0) is 33.3. The van der Waals surface area contributed by atoms with Gasteiger partial charge in [0.2, 0.25) is 0 Å². The van der Waals surface area contributed by atoms with E-state index in [1.807, 2.05) is 97.1 Å². The first-order valence-corrected chi connectivity index (χ1v) is 17.1. The van der Waals surface area contributed by atoms with E-state index in [9.17, 15) is 9.59 Å². The molecule has 0 fully saturated rings. The summed E-state index contributed by atoms with van der Waals surface area (Å²) in [4.78, 5) is 43.3. The van der Waals surface area contributed by atoms with E-state index in [1.165, 1.54) is 32.0 Å². The number of rotatable bonds is 4. The minimum absolute atomic E-state index is 0.211. The van der Waals surface area contributed by atoms with Crippen molar-refractivity contribution in [3.8, 4) is 33.3 Å². The maximum Gasteiger partial charge on any atom is 0.323 e. The van der Waals surface area contributed by atoms with Gasteiger partial charge in [-0.05, 0) is 78.3 Å². The molecule has 0 aliphatic heterocycles. The van der Waals surface area contributed by atoms with Crippen molar-refractivity contribution < 1.29 is 0 Å². The highest BCUT2D eigenvalue weighted by molar-refractivity contribution is 7.21. The van der Waals surface area contributed by atoms with Crippen LogP contribution in [0.1, 0.15) is 0 Å². The number of aromatic nitrogens is 9. The number of hydrogen-bond donors (Lipinski definition) is 0. The molecule has 0 saturated carbocycles.